The van der Waals surface area contributed by atoms with Crippen LogP contribution in [-0.4, -0.2) is 29.3 Å². The Morgan fingerprint density at radius 1 is 1.44 bits per heavy atom. The van der Waals surface area contributed by atoms with E-state index in [1.165, 1.54) is 19.3 Å². The second-order valence-electron chi connectivity index (χ2n) is 5.07. The molecule has 0 bridgehead atoms. The molecule has 4 heteroatoms. The van der Waals surface area contributed by atoms with Crippen LogP contribution in [-0.2, 0) is 6.54 Å². The monoisotopic (exact) mass is 249 g/mol. The van der Waals surface area contributed by atoms with Gasteiger partial charge in [0.1, 0.15) is 5.82 Å². The number of aliphatic hydroxyl groups excluding tert-OH is 1. The van der Waals surface area contributed by atoms with Crippen molar-refractivity contribution in [1.29, 1.82) is 0 Å². The van der Waals surface area contributed by atoms with Gasteiger partial charge in [-0.25, -0.2) is 4.98 Å². The summed E-state index contributed by atoms with van der Waals surface area (Å²) in [5, 5.41) is 9.55. The van der Waals surface area contributed by atoms with E-state index < -0.39 is 0 Å². The van der Waals surface area contributed by atoms with Crippen molar-refractivity contribution in [2.45, 2.75) is 45.2 Å². The Bertz CT molecular complexity index is 395. The first-order chi connectivity index (χ1) is 8.76. The average Bonchev–Trinajstić information content (AvgIpc) is 2.63. The van der Waals surface area contributed by atoms with Crippen LogP contribution in [0.25, 0.3) is 0 Å². The third-order valence-corrected chi connectivity index (χ3v) is 3.70. The van der Waals surface area contributed by atoms with E-state index in [2.05, 4.69) is 22.9 Å². The highest BCUT2D eigenvalue weighted by Gasteiger charge is 2.22. The molecule has 0 amide bonds. The van der Waals surface area contributed by atoms with Crippen molar-refractivity contribution < 1.29 is 5.11 Å². The van der Waals surface area contributed by atoms with Gasteiger partial charge in [-0.3, -0.25) is 0 Å². The minimum atomic E-state index is 0.208. The number of anilines is 1. The number of pyridine rings is 1. The van der Waals surface area contributed by atoms with E-state index in [1.54, 1.807) is 0 Å². The molecule has 1 aromatic rings. The zero-order chi connectivity index (χ0) is 13.0. The van der Waals surface area contributed by atoms with Crippen molar-refractivity contribution in [3.63, 3.8) is 0 Å². The molecule has 1 aromatic heterocycles. The summed E-state index contributed by atoms with van der Waals surface area (Å²) in [5.74, 6) is 1.01. The van der Waals surface area contributed by atoms with E-state index in [0.29, 0.717) is 6.54 Å². The lowest BCUT2D eigenvalue weighted by atomic mass is 10.1. The molecule has 2 heterocycles. The summed E-state index contributed by atoms with van der Waals surface area (Å²) in [7, 11) is 0. The van der Waals surface area contributed by atoms with Gasteiger partial charge in [0.05, 0.1) is 12.6 Å². The van der Waals surface area contributed by atoms with E-state index in [4.69, 9.17) is 5.73 Å². The second kappa shape index (κ2) is 6.16. The third-order valence-electron chi connectivity index (χ3n) is 3.70. The van der Waals surface area contributed by atoms with Crippen molar-refractivity contribution in [2.24, 2.45) is 5.73 Å². The Labute approximate surface area is 109 Å². The summed E-state index contributed by atoms with van der Waals surface area (Å²) in [6, 6.07) is 2.31. The zero-order valence-electron chi connectivity index (χ0n) is 11.1. The minimum absolute atomic E-state index is 0.208. The lowest BCUT2D eigenvalue weighted by Crippen LogP contribution is -2.38. The van der Waals surface area contributed by atoms with E-state index in [-0.39, 0.29) is 12.6 Å². The predicted octanol–water partition coefficient (Wildman–Crippen LogP) is 1.59. The molecular weight excluding hydrogens is 226 g/mol. The van der Waals surface area contributed by atoms with Crippen molar-refractivity contribution in [2.75, 3.05) is 18.1 Å². The van der Waals surface area contributed by atoms with Crippen LogP contribution in [0.2, 0.25) is 0 Å². The van der Waals surface area contributed by atoms with Gasteiger partial charge in [-0.15, -0.1) is 0 Å². The topological polar surface area (TPSA) is 62.4 Å². The fourth-order valence-electron chi connectivity index (χ4n) is 2.68. The van der Waals surface area contributed by atoms with Gasteiger partial charge in [0.25, 0.3) is 0 Å². The highest BCUT2D eigenvalue weighted by atomic mass is 16.3. The van der Waals surface area contributed by atoms with Crippen molar-refractivity contribution in [1.82, 2.24) is 4.98 Å². The lowest BCUT2D eigenvalue weighted by molar-refractivity contribution is 0.254. The molecule has 0 saturated carbocycles. The molecule has 1 atom stereocenters. The molecule has 1 saturated heterocycles. The van der Waals surface area contributed by atoms with Gasteiger partial charge in [0.2, 0.25) is 0 Å². The van der Waals surface area contributed by atoms with E-state index >= 15 is 0 Å². The molecule has 4 nitrogen and oxygen atoms in total. The Balaban J connectivity index is 2.27. The minimum Gasteiger partial charge on any atom is -0.394 e. The maximum atomic E-state index is 9.55. The molecule has 0 aromatic carbocycles. The predicted molar refractivity (Wildman–Crippen MR) is 73.6 cm³/mol. The maximum absolute atomic E-state index is 9.55. The van der Waals surface area contributed by atoms with Crippen LogP contribution in [0, 0.1) is 6.92 Å². The molecule has 18 heavy (non-hydrogen) atoms. The number of nitrogens with zero attached hydrogens (tertiary/aromatic N) is 2. The van der Waals surface area contributed by atoms with E-state index in [1.807, 2.05) is 6.20 Å². The molecule has 0 aliphatic carbocycles. The number of aromatic nitrogens is 1. The normalized spacial score (nSPS) is 20.8. The van der Waals surface area contributed by atoms with Crippen molar-refractivity contribution in [3.05, 3.63) is 23.4 Å². The molecule has 1 fully saturated rings. The Kier molecular flexibility index (Phi) is 4.55. The van der Waals surface area contributed by atoms with Crippen LogP contribution in [0.15, 0.2) is 12.3 Å². The highest BCUT2D eigenvalue weighted by Crippen LogP contribution is 2.25. The molecule has 0 spiro atoms. The van der Waals surface area contributed by atoms with Crippen LogP contribution in [0.1, 0.15) is 36.8 Å². The zero-order valence-corrected chi connectivity index (χ0v) is 11.1. The van der Waals surface area contributed by atoms with Gasteiger partial charge in [-0.1, -0.05) is 12.8 Å². The first-order valence-electron chi connectivity index (χ1n) is 6.79. The van der Waals surface area contributed by atoms with E-state index in [9.17, 15) is 5.11 Å². The smallest absolute Gasteiger partial charge is 0.131 e. The number of rotatable bonds is 3. The van der Waals surface area contributed by atoms with Crippen LogP contribution in [0.3, 0.4) is 0 Å². The van der Waals surface area contributed by atoms with Gasteiger partial charge < -0.3 is 15.7 Å². The van der Waals surface area contributed by atoms with Crippen LogP contribution >= 0.6 is 0 Å². The third kappa shape index (κ3) is 2.82. The van der Waals surface area contributed by atoms with Gasteiger partial charge in [-0.2, -0.15) is 0 Å². The number of hydrogen-bond donors (Lipinski definition) is 2. The molecule has 1 aliphatic rings. The number of aliphatic hydroxyl groups is 1. The number of nitrogens with two attached hydrogens (primary N) is 1. The van der Waals surface area contributed by atoms with Crippen LogP contribution in [0.5, 0.6) is 0 Å². The summed E-state index contributed by atoms with van der Waals surface area (Å²) >= 11 is 0. The highest BCUT2D eigenvalue weighted by molar-refractivity contribution is 5.48. The fourth-order valence-corrected chi connectivity index (χ4v) is 2.68. The number of hydrogen-bond acceptors (Lipinski definition) is 4. The lowest BCUT2D eigenvalue weighted by Gasteiger charge is -2.31. The quantitative estimate of drug-likeness (QED) is 0.854. The van der Waals surface area contributed by atoms with Crippen LogP contribution in [0.4, 0.5) is 5.82 Å². The SMILES string of the molecule is Cc1cc(CN)cnc1N1CCCCCC1CO. The first kappa shape index (κ1) is 13.3. The number of aryl methyl sites for hydroxylation is 1. The molecule has 100 valence electrons. The summed E-state index contributed by atoms with van der Waals surface area (Å²) in [6.07, 6.45) is 6.52. The van der Waals surface area contributed by atoms with Crippen molar-refractivity contribution >= 4 is 5.82 Å². The molecule has 1 unspecified atom stereocenters. The summed E-state index contributed by atoms with van der Waals surface area (Å²) in [4.78, 5) is 6.81. The summed E-state index contributed by atoms with van der Waals surface area (Å²) in [5.41, 5.74) is 7.84. The fraction of sp³-hybridized carbons (Fsp3) is 0.643. The van der Waals surface area contributed by atoms with Gasteiger partial charge in [0, 0.05) is 19.3 Å². The van der Waals surface area contributed by atoms with E-state index in [0.717, 1.165) is 29.9 Å². The molecule has 1 aliphatic heterocycles. The molecule has 0 radical (unpaired) electrons. The Morgan fingerprint density at radius 3 is 2.94 bits per heavy atom. The largest absolute Gasteiger partial charge is 0.394 e. The van der Waals surface area contributed by atoms with Gasteiger partial charge in [0.15, 0.2) is 0 Å². The van der Waals surface area contributed by atoms with Gasteiger partial charge >= 0.3 is 0 Å². The Morgan fingerprint density at radius 2 is 2.28 bits per heavy atom. The van der Waals surface area contributed by atoms with Crippen LogP contribution < -0.4 is 10.6 Å². The standard InChI is InChI=1S/C14H23N3O/c1-11-7-12(8-15)9-16-14(11)17-6-4-2-3-5-13(17)10-18/h7,9,13,18H,2-6,8,10,15H2,1H3. The summed E-state index contributed by atoms with van der Waals surface area (Å²) < 4.78 is 0. The summed E-state index contributed by atoms with van der Waals surface area (Å²) in [6.45, 7) is 3.79. The molecule has 3 N–H and O–H groups in total. The average molecular weight is 249 g/mol. The van der Waals surface area contributed by atoms with Crippen molar-refractivity contribution in [3.8, 4) is 0 Å². The Hall–Kier alpha value is -1.13. The molecular formula is C14H23N3O. The first-order valence-corrected chi connectivity index (χ1v) is 6.79. The van der Waals surface area contributed by atoms with Gasteiger partial charge in [-0.05, 0) is 37.0 Å². The molecule has 2 rings (SSSR count). The second-order valence-corrected chi connectivity index (χ2v) is 5.07. The maximum Gasteiger partial charge on any atom is 0.131 e.